The molecule has 1 aliphatic heterocycles. The van der Waals surface area contributed by atoms with Crippen molar-refractivity contribution >= 4 is 17.6 Å². The Labute approximate surface area is 134 Å². The highest BCUT2D eigenvalue weighted by atomic mass is 16.5. The van der Waals surface area contributed by atoms with Crippen molar-refractivity contribution in [3.63, 3.8) is 0 Å². The quantitative estimate of drug-likeness (QED) is 0.881. The monoisotopic (exact) mass is 311 g/mol. The van der Waals surface area contributed by atoms with E-state index < -0.39 is 12.1 Å². The van der Waals surface area contributed by atoms with E-state index in [-0.39, 0.29) is 5.91 Å². The Bertz CT molecular complexity index is 741. The number of nitrogens with one attached hydrogen (secondary N) is 1. The summed E-state index contributed by atoms with van der Waals surface area (Å²) in [5.74, 6) is -0.789. The van der Waals surface area contributed by atoms with Crippen molar-refractivity contribution in [2.24, 2.45) is 0 Å². The van der Waals surface area contributed by atoms with E-state index in [0.717, 1.165) is 11.1 Å². The van der Waals surface area contributed by atoms with Gasteiger partial charge in [0.05, 0.1) is 12.2 Å². The topological polar surface area (TPSA) is 64.6 Å². The molecular weight excluding hydrogens is 294 g/mol. The molecule has 3 rings (SSSR count). The van der Waals surface area contributed by atoms with Gasteiger partial charge in [-0.05, 0) is 29.3 Å². The van der Waals surface area contributed by atoms with Crippen LogP contribution in [-0.2, 0) is 27.3 Å². The highest BCUT2D eigenvalue weighted by Gasteiger charge is 2.31. The third kappa shape index (κ3) is 3.40. The number of methoxy groups -OCH3 is 1. The molecule has 1 heterocycles. The molecule has 1 aliphatic rings. The summed E-state index contributed by atoms with van der Waals surface area (Å²) >= 11 is 0. The molecule has 0 spiro atoms. The summed E-state index contributed by atoms with van der Waals surface area (Å²) in [6, 6.07) is 14.6. The van der Waals surface area contributed by atoms with Crippen LogP contribution in [0.1, 0.15) is 21.5 Å². The SMILES string of the molecule is COCc1cccc(NC(=O)C2Cc3ccccc3C(=O)O2)c1. The average Bonchev–Trinajstić information content (AvgIpc) is 2.55. The van der Waals surface area contributed by atoms with Gasteiger partial charge in [-0.15, -0.1) is 0 Å². The lowest BCUT2D eigenvalue weighted by Gasteiger charge is -2.23. The molecule has 2 aromatic carbocycles. The van der Waals surface area contributed by atoms with Gasteiger partial charge in [-0.3, -0.25) is 4.79 Å². The lowest BCUT2D eigenvalue weighted by Crippen LogP contribution is -2.37. The van der Waals surface area contributed by atoms with E-state index >= 15 is 0 Å². The molecule has 5 nitrogen and oxygen atoms in total. The normalized spacial score (nSPS) is 16.4. The Kier molecular flexibility index (Phi) is 4.39. The van der Waals surface area contributed by atoms with E-state index in [4.69, 9.17) is 9.47 Å². The van der Waals surface area contributed by atoms with Crippen LogP contribution in [0, 0.1) is 0 Å². The molecule has 0 bridgehead atoms. The zero-order valence-electron chi connectivity index (χ0n) is 12.7. The number of ether oxygens (including phenoxy) is 2. The first-order valence-corrected chi connectivity index (χ1v) is 7.35. The van der Waals surface area contributed by atoms with Crippen LogP contribution in [0.3, 0.4) is 0 Å². The third-order valence-electron chi connectivity index (χ3n) is 3.69. The number of carbonyl (C=O) groups excluding carboxylic acids is 2. The Morgan fingerprint density at radius 2 is 2.09 bits per heavy atom. The van der Waals surface area contributed by atoms with E-state index in [1.54, 1.807) is 25.3 Å². The largest absolute Gasteiger partial charge is 0.448 e. The minimum absolute atomic E-state index is 0.331. The Morgan fingerprint density at radius 3 is 2.91 bits per heavy atom. The first-order chi connectivity index (χ1) is 11.2. The summed E-state index contributed by atoms with van der Waals surface area (Å²) in [5.41, 5.74) is 2.96. The lowest BCUT2D eigenvalue weighted by molar-refractivity contribution is -0.125. The number of esters is 1. The van der Waals surface area contributed by atoms with Crippen molar-refractivity contribution in [2.75, 3.05) is 12.4 Å². The molecule has 1 atom stereocenters. The van der Waals surface area contributed by atoms with E-state index in [1.165, 1.54) is 0 Å². The van der Waals surface area contributed by atoms with E-state index in [2.05, 4.69) is 5.32 Å². The smallest absolute Gasteiger partial charge is 0.339 e. The highest BCUT2D eigenvalue weighted by Crippen LogP contribution is 2.21. The van der Waals surface area contributed by atoms with Gasteiger partial charge in [0, 0.05) is 19.2 Å². The summed E-state index contributed by atoms with van der Waals surface area (Å²) in [6.45, 7) is 0.468. The summed E-state index contributed by atoms with van der Waals surface area (Å²) in [4.78, 5) is 24.3. The van der Waals surface area contributed by atoms with Gasteiger partial charge in [0.25, 0.3) is 5.91 Å². The second kappa shape index (κ2) is 6.62. The van der Waals surface area contributed by atoms with Crippen LogP contribution in [0.4, 0.5) is 5.69 Å². The second-order valence-corrected chi connectivity index (χ2v) is 5.38. The van der Waals surface area contributed by atoms with Gasteiger partial charge in [0.1, 0.15) is 0 Å². The van der Waals surface area contributed by atoms with Crippen LogP contribution >= 0.6 is 0 Å². The van der Waals surface area contributed by atoms with E-state index in [1.807, 2.05) is 30.3 Å². The van der Waals surface area contributed by atoms with Gasteiger partial charge >= 0.3 is 5.97 Å². The van der Waals surface area contributed by atoms with E-state index in [0.29, 0.717) is 24.3 Å². The van der Waals surface area contributed by atoms with Crippen molar-refractivity contribution in [3.8, 4) is 0 Å². The lowest BCUT2D eigenvalue weighted by atomic mass is 9.98. The van der Waals surface area contributed by atoms with Crippen molar-refractivity contribution in [1.82, 2.24) is 0 Å². The molecule has 0 aliphatic carbocycles. The van der Waals surface area contributed by atoms with Gasteiger partial charge in [-0.2, -0.15) is 0 Å². The molecule has 0 fully saturated rings. The van der Waals surface area contributed by atoms with Gasteiger partial charge in [0.2, 0.25) is 0 Å². The molecular formula is C18H17NO4. The summed E-state index contributed by atoms with van der Waals surface area (Å²) in [6.07, 6.45) is -0.436. The number of fused-ring (bicyclic) bond motifs is 1. The number of rotatable bonds is 4. The van der Waals surface area contributed by atoms with Gasteiger partial charge in [-0.1, -0.05) is 30.3 Å². The zero-order valence-corrected chi connectivity index (χ0v) is 12.7. The predicted molar refractivity (Wildman–Crippen MR) is 85.1 cm³/mol. The number of hydrogen-bond donors (Lipinski definition) is 1. The molecule has 1 amide bonds. The summed E-state index contributed by atoms with van der Waals surface area (Å²) in [7, 11) is 1.62. The van der Waals surface area contributed by atoms with Crippen molar-refractivity contribution in [1.29, 1.82) is 0 Å². The average molecular weight is 311 g/mol. The third-order valence-corrected chi connectivity index (χ3v) is 3.69. The van der Waals surface area contributed by atoms with Crippen LogP contribution in [0.25, 0.3) is 0 Å². The highest BCUT2D eigenvalue weighted by molar-refractivity contribution is 6.00. The molecule has 0 saturated carbocycles. The molecule has 0 aromatic heterocycles. The van der Waals surface area contributed by atoms with Gasteiger partial charge < -0.3 is 14.8 Å². The van der Waals surface area contributed by atoms with Crippen molar-refractivity contribution in [2.45, 2.75) is 19.1 Å². The van der Waals surface area contributed by atoms with Crippen molar-refractivity contribution < 1.29 is 19.1 Å². The molecule has 5 heteroatoms. The maximum absolute atomic E-state index is 12.4. The fraction of sp³-hybridized carbons (Fsp3) is 0.222. The van der Waals surface area contributed by atoms with Gasteiger partial charge in [-0.25, -0.2) is 4.79 Å². The first kappa shape index (κ1) is 15.2. The number of cyclic esters (lactones) is 1. The van der Waals surface area contributed by atoms with Crippen LogP contribution in [0.2, 0.25) is 0 Å². The molecule has 118 valence electrons. The molecule has 23 heavy (non-hydrogen) atoms. The van der Waals surface area contributed by atoms with E-state index in [9.17, 15) is 9.59 Å². The zero-order chi connectivity index (χ0) is 16.2. The first-order valence-electron chi connectivity index (χ1n) is 7.35. The fourth-order valence-electron chi connectivity index (χ4n) is 2.61. The molecule has 1 N–H and O–H groups in total. The molecule has 2 aromatic rings. The van der Waals surface area contributed by atoms with Crippen LogP contribution < -0.4 is 5.32 Å². The number of amides is 1. The predicted octanol–water partition coefficient (Wildman–Crippen LogP) is 2.55. The number of anilines is 1. The van der Waals surface area contributed by atoms with Crippen LogP contribution in [0.5, 0.6) is 0 Å². The molecule has 0 radical (unpaired) electrons. The Morgan fingerprint density at radius 1 is 1.26 bits per heavy atom. The maximum atomic E-state index is 12.4. The van der Waals surface area contributed by atoms with Crippen LogP contribution in [0.15, 0.2) is 48.5 Å². The summed E-state index contributed by atoms with van der Waals surface area (Å²) in [5, 5.41) is 2.79. The van der Waals surface area contributed by atoms with Crippen molar-refractivity contribution in [3.05, 3.63) is 65.2 Å². The number of hydrogen-bond acceptors (Lipinski definition) is 4. The van der Waals surface area contributed by atoms with Gasteiger partial charge in [0.15, 0.2) is 6.10 Å². The Balaban J connectivity index is 1.72. The standard InChI is InChI=1S/C18H17NO4/c1-22-11-12-5-4-7-14(9-12)19-17(20)16-10-13-6-2-3-8-15(13)18(21)23-16/h2-9,16H,10-11H2,1H3,(H,19,20). The Hall–Kier alpha value is -2.66. The minimum atomic E-state index is -0.816. The number of carbonyl (C=O) groups is 2. The molecule has 0 saturated heterocycles. The number of benzene rings is 2. The maximum Gasteiger partial charge on any atom is 0.339 e. The second-order valence-electron chi connectivity index (χ2n) is 5.38. The fourth-order valence-corrected chi connectivity index (χ4v) is 2.61. The minimum Gasteiger partial charge on any atom is -0.448 e. The van der Waals surface area contributed by atoms with Crippen LogP contribution in [-0.4, -0.2) is 25.1 Å². The summed E-state index contributed by atoms with van der Waals surface area (Å²) < 4.78 is 10.3. The molecule has 1 unspecified atom stereocenters.